The van der Waals surface area contributed by atoms with Crippen molar-refractivity contribution in [1.82, 2.24) is 4.98 Å². The van der Waals surface area contributed by atoms with Crippen LogP contribution in [0.15, 0.2) is 18.3 Å². The summed E-state index contributed by atoms with van der Waals surface area (Å²) < 4.78 is 0. The fourth-order valence-electron chi connectivity index (χ4n) is 2.52. The molecule has 2 rings (SSSR count). The highest BCUT2D eigenvalue weighted by Crippen LogP contribution is 2.25. The van der Waals surface area contributed by atoms with Crippen molar-refractivity contribution in [2.24, 2.45) is 11.7 Å². The maximum Gasteiger partial charge on any atom is 0.267 e. The molecule has 2 unspecified atom stereocenters. The van der Waals surface area contributed by atoms with E-state index in [0.29, 0.717) is 11.7 Å². The van der Waals surface area contributed by atoms with E-state index in [9.17, 15) is 4.79 Å². The zero-order chi connectivity index (χ0) is 13.0. The molecule has 4 nitrogen and oxygen atoms in total. The minimum Gasteiger partial charge on any atom is -0.382 e. The van der Waals surface area contributed by atoms with Crippen LogP contribution in [0.4, 0.5) is 5.69 Å². The van der Waals surface area contributed by atoms with Gasteiger partial charge in [0.2, 0.25) is 0 Å². The van der Waals surface area contributed by atoms with Crippen molar-refractivity contribution in [3.05, 3.63) is 24.0 Å². The number of amides is 1. The van der Waals surface area contributed by atoms with E-state index in [4.69, 9.17) is 5.73 Å². The Morgan fingerprint density at radius 2 is 2.22 bits per heavy atom. The molecule has 1 aliphatic carbocycles. The van der Waals surface area contributed by atoms with Gasteiger partial charge < -0.3 is 11.1 Å². The molecule has 98 valence electrons. The highest BCUT2D eigenvalue weighted by molar-refractivity contribution is 5.91. The van der Waals surface area contributed by atoms with Crippen molar-refractivity contribution in [1.29, 1.82) is 0 Å². The number of aromatic nitrogens is 1. The molecule has 0 spiro atoms. The van der Waals surface area contributed by atoms with E-state index >= 15 is 0 Å². The van der Waals surface area contributed by atoms with Gasteiger partial charge in [-0.1, -0.05) is 19.8 Å². The van der Waals surface area contributed by atoms with Gasteiger partial charge in [-0.3, -0.25) is 9.78 Å². The minimum atomic E-state index is -0.479. The molecule has 4 heteroatoms. The molecule has 18 heavy (non-hydrogen) atoms. The van der Waals surface area contributed by atoms with Crippen LogP contribution in [0.1, 0.15) is 49.5 Å². The van der Waals surface area contributed by atoms with Crippen molar-refractivity contribution in [3.63, 3.8) is 0 Å². The van der Waals surface area contributed by atoms with Crippen LogP contribution in [0, 0.1) is 5.92 Å². The Bertz CT molecular complexity index is 419. The Hall–Kier alpha value is -1.58. The van der Waals surface area contributed by atoms with E-state index < -0.39 is 5.91 Å². The fraction of sp³-hybridized carbons (Fsp3) is 0.571. The molecule has 1 saturated carbocycles. The van der Waals surface area contributed by atoms with E-state index in [1.54, 1.807) is 12.3 Å². The first kappa shape index (κ1) is 12.9. The van der Waals surface area contributed by atoms with E-state index in [1.807, 2.05) is 6.07 Å². The summed E-state index contributed by atoms with van der Waals surface area (Å²) in [6.07, 6.45) is 7.87. The number of nitrogens with two attached hydrogens (primary N) is 1. The molecule has 0 aromatic carbocycles. The Morgan fingerprint density at radius 3 is 3.00 bits per heavy atom. The first-order chi connectivity index (χ1) is 8.65. The molecule has 1 heterocycles. The highest BCUT2D eigenvalue weighted by Gasteiger charge is 2.16. The third kappa shape index (κ3) is 3.45. The number of primary amides is 1. The van der Waals surface area contributed by atoms with Gasteiger partial charge >= 0.3 is 0 Å². The third-order valence-corrected chi connectivity index (χ3v) is 3.64. The van der Waals surface area contributed by atoms with E-state index in [1.165, 1.54) is 32.1 Å². The second kappa shape index (κ2) is 5.85. The Morgan fingerprint density at radius 1 is 1.39 bits per heavy atom. The van der Waals surface area contributed by atoms with Gasteiger partial charge in [-0.05, 0) is 37.3 Å². The summed E-state index contributed by atoms with van der Waals surface area (Å²) in [5, 5.41) is 3.49. The van der Waals surface area contributed by atoms with Crippen molar-refractivity contribution in [2.45, 2.75) is 45.1 Å². The lowest BCUT2D eigenvalue weighted by Gasteiger charge is -2.17. The lowest BCUT2D eigenvalue weighted by atomic mass is 10.0. The summed E-state index contributed by atoms with van der Waals surface area (Å²) in [5.41, 5.74) is 6.49. The predicted molar refractivity (Wildman–Crippen MR) is 72.4 cm³/mol. The molecule has 1 amide bonds. The molecule has 0 bridgehead atoms. The number of nitrogens with zero attached hydrogens (tertiary/aromatic N) is 1. The highest BCUT2D eigenvalue weighted by atomic mass is 16.1. The zero-order valence-electron chi connectivity index (χ0n) is 10.9. The maximum absolute atomic E-state index is 11.1. The van der Waals surface area contributed by atoms with Gasteiger partial charge in [0, 0.05) is 17.9 Å². The summed E-state index contributed by atoms with van der Waals surface area (Å²) in [6.45, 7) is 2.32. The normalized spacial score (nSPS) is 24.3. The predicted octanol–water partition coefficient (Wildman–Crippen LogP) is 2.56. The number of anilines is 1. The van der Waals surface area contributed by atoms with Gasteiger partial charge in [0.1, 0.15) is 5.69 Å². The Labute approximate surface area is 108 Å². The first-order valence-electron chi connectivity index (χ1n) is 6.67. The van der Waals surface area contributed by atoms with Crippen molar-refractivity contribution in [2.75, 3.05) is 5.32 Å². The second-order valence-corrected chi connectivity index (χ2v) is 5.25. The summed E-state index contributed by atoms with van der Waals surface area (Å²) in [4.78, 5) is 15.0. The van der Waals surface area contributed by atoms with E-state index in [0.717, 1.165) is 11.6 Å². The number of pyridine rings is 1. The zero-order valence-corrected chi connectivity index (χ0v) is 10.9. The number of nitrogens with one attached hydrogen (secondary N) is 1. The van der Waals surface area contributed by atoms with Crippen molar-refractivity contribution >= 4 is 11.6 Å². The number of carbonyl (C=O) groups is 1. The van der Waals surface area contributed by atoms with Crippen LogP contribution >= 0.6 is 0 Å². The van der Waals surface area contributed by atoms with Gasteiger partial charge in [0.25, 0.3) is 5.91 Å². The van der Waals surface area contributed by atoms with Gasteiger partial charge in [0.05, 0.1) is 0 Å². The quantitative estimate of drug-likeness (QED) is 0.807. The molecule has 1 fully saturated rings. The molecule has 1 aliphatic rings. The van der Waals surface area contributed by atoms with Crippen molar-refractivity contribution < 1.29 is 4.79 Å². The maximum atomic E-state index is 11.1. The lowest BCUT2D eigenvalue weighted by Crippen LogP contribution is -2.19. The van der Waals surface area contributed by atoms with Gasteiger partial charge in [0.15, 0.2) is 0 Å². The molecule has 1 aromatic heterocycles. The molecular formula is C14H21N3O. The number of hydrogen-bond donors (Lipinski definition) is 2. The summed E-state index contributed by atoms with van der Waals surface area (Å²) in [5.74, 6) is 0.351. The SMILES string of the molecule is CC1CCCC(Nc2ccnc(C(N)=O)c2)CC1. The third-order valence-electron chi connectivity index (χ3n) is 3.64. The minimum absolute atomic E-state index is 0.321. The Balaban J connectivity index is 2.00. The average molecular weight is 247 g/mol. The van der Waals surface area contributed by atoms with Gasteiger partial charge in [-0.2, -0.15) is 0 Å². The topological polar surface area (TPSA) is 68.0 Å². The molecule has 2 atom stereocenters. The standard InChI is InChI=1S/C14H21N3O/c1-10-3-2-4-11(6-5-10)17-12-7-8-16-13(9-12)14(15)18/h7-11H,2-6H2,1H3,(H2,15,18)(H,16,17). The molecular weight excluding hydrogens is 226 g/mol. The summed E-state index contributed by atoms with van der Waals surface area (Å²) in [7, 11) is 0. The number of rotatable bonds is 3. The molecule has 1 aromatic rings. The monoisotopic (exact) mass is 247 g/mol. The van der Waals surface area contributed by atoms with Crippen LogP contribution in [0.25, 0.3) is 0 Å². The first-order valence-corrected chi connectivity index (χ1v) is 6.67. The molecule has 0 saturated heterocycles. The molecule has 0 aliphatic heterocycles. The smallest absolute Gasteiger partial charge is 0.267 e. The summed E-state index contributed by atoms with van der Waals surface area (Å²) >= 11 is 0. The van der Waals surface area contributed by atoms with Crippen LogP contribution in [0.3, 0.4) is 0 Å². The average Bonchev–Trinajstić information content (AvgIpc) is 2.55. The van der Waals surface area contributed by atoms with Crippen LogP contribution in [-0.2, 0) is 0 Å². The fourth-order valence-corrected chi connectivity index (χ4v) is 2.52. The Kier molecular flexibility index (Phi) is 4.18. The molecule has 0 radical (unpaired) electrons. The van der Waals surface area contributed by atoms with E-state index in [2.05, 4.69) is 17.2 Å². The van der Waals surface area contributed by atoms with Gasteiger partial charge in [-0.15, -0.1) is 0 Å². The van der Waals surface area contributed by atoms with Crippen molar-refractivity contribution in [3.8, 4) is 0 Å². The van der Waals surface area contributed by atoms with Crippen LogP contribution in [-0.4, -0.2) is 16.9 Å². The molecule has 3 N–H and O–H groups in total. The van der Waals surface area contributed by atoms with Crippen LogP contribution < -0.4 is 11.1 Å². The second-order valence-electron chi connectivity index (χ2n) is 5.25. The summed E-state index contributed by atoms with van der Waals surface area (Å²) in [6, 6.07) is 4.12. The van der Waals surface area contributed by atoms with Crippen LogP contribution in [0.2, 0.25) is 0 Å². The van der Waals surface area contributed by atoms with Crippen LogP contribution in [0.5, 0.6) is 0 Å². The lowest BCUT2D eigenvalue weighted by molar-refractivity contribution is 0.0995. The largest absolute Gasteiger partial charge is 0.382 e. The van der Waals surface area contributed by atoms with E-state index in [-0.39, 0.29) is 0 Å². The number of carbonyl (C=O) groups excluding carboxylic acids is 1. The van der Waals surface area contributed by atoms with Gasteiger partial charge in [-0.25, -0.2) is 0 Å². The number of hydrogen-bond acceptors (Lipinski definition) is 3.